The van der Waals surface area contributed by atoms with Crippen LogP contribution in [0.2, 0.25) is 0 Å². The minimum Gasteiger partial charge on any atom is -0.368 e. The third-order valence-corrected chi connectivity index (χ3v) is 1.70. The van der Waals surface area contributed by atoms with Gasteiger partial charge in [0.05, 0.1) is 0 Å². The van der Waals surface area contributed by atoms with E-state index in [-0.39, 0.29) is 0 Å². The van der Waals surface area contributed by atoms with E-state index in [4.69, 9.17) is 5.73 Å². The second-order valence-electron chi connectivity index (χ2n) is 2.35. The molecular formula is C6H9N2O2. The number of carbonyl (C=O) groups is 1. The molecule has 1 radical (unpaired) electrons. The van der Waals surface area contributed by atoms with E-state index in [1.54, 1.807) is 6.41 Å². The summed E-state index contributed by atoms with van der Waals surface area (Å²) >= 11 is 0. The molecule has 1 fully saturated rings. The van der Waals surface area contributed by atoms with Gasteiger partial charge in [-0.3, -0.25) is 9.59 Å². The Morgan fingerprint density at radius 3 is 2.80 bits per heavy atom. The molecule has 0 saturated carbocycles. The van der Waals surface area contributed by atoms with Crippen molar-refractivity contribution in [2.45, 2.75) is 18.9 Å². The van der Waals surface area contributed by atoms with Crippen molar-refractivity contribution < 1.29 is 9.59 Å². The maximum atomic E-state index is 10.6. The van der Waals surface area contributed by atoms with Crippen molar-refractivity contribution in [3.63, 3.8) is 0 Å². The highest BCUT2D eigenvalue weighted by atomic mass is 16.2. The van der Waals surface area contributed by atoms with Gasteiger partial charge in [-0.15, -0.1) is 0 Å². The normalized spacial score (nSPS) is 24.8. The Morgan fingerprint density at radius 2 is 2.40 bits per heavy atom. The molecule has 0 spiro atoms. The van der Waals surface area contributed by atoms with Gasteiger partial charge in [0.2, 0.25) is 5.91 Å². The number of nitrogens with two attached hydrogens (primary N) is 1. The van der Waals surface area contributed by atoms with E-state index in [1.165, 1.54) is 4.90 Å². The van der Waals surface area contributed by atoms with Crippen LogP contribution in [0.4, 0.5) is 0 Å². The number of hydrogen-bond acceptors (Lipinski definition) is 2. The number of likely N-dealkylation sites (tertiary alicyclic amines) is 1. The molecule has 1 unspecified atom stereocenters. The Balaban J connectivity index is 2.58. The summed E-state index contributed by atoms with van der Waals surface area (Å²) in [5, 5.41) is 0. The number of nitrogens with zero attached hydrogens (tertiary/aromatic N) is 1. The van der Waals surface area contributed by atoms with Gasteiger partial charge in [-0.1, -0.05) is 0 Å². The lowest BCUT2D eigenvalue weighted by molar-refractivity contribution is -0.121. The van der Waals surface area contributed by atoms with Gasteiger partial charge in [0.1, 0.15) is 6.04 Å². The first kappa shape index (κ1) is 7.05. The van der Waals surface area contributed by atoms with Crippen LogP contribution in [0, 0.1) is 0 Å². The van der Waals surface area contributed by atoms with E-state index in [1.807, 2.05) is 0 Å². The Morgan fingerprint density at radius 1 is 1.70 bits per heavy atom. The zero-order valence-corrected chi connectivity index (χ0v) is 5.54. The number of rotatable bonds is 2. The van der Waals surface area contributed by atoms with Crippen molar-refractivity contribution in [2.75, 3.05) is 6.54 Å². The highest BCUT2D eigenvalue weighted by Gasteiger charge is 2.27. The predicted octanol–water partition coefficient (Wildman–Crippen LogP) is -0.997. The predicted molar refractivity (Wildman–Crippen MR) is 34.6 cm³/mol. The lowest BCUT2D eigenvalue weighted by Gasteiger charge is -2.13. The van der Waals surface area contributed by atoms with Crippen LogP contribution in [0.1, 0.15) is 12.8 Å². The average molecular weight is 141 g/mol. The van der Waals surface area contributed by atoms with E-state index in [0.717, 1.165) is 6.42 Å². The summed E-state index contributed by atoms with van der Waals surface area (Å²) in [6, 6.07) is -0.405. The SMILES string of the molecule is NC(=O)C1CCCN1[C]=O. The van der Waals surface area contributed by atoms with Crippen LogP contribution in [-0.2, 0) is 9.59 Å². The van der Waals surface area contributed by atoms with Gasteiger partial charge in [-0.05, 0) is 12.8 Å². The molecule has 2 N–H and O–H groups in total. The maximum absolute atomic E-state index is 10.6. The molecule has 1 atom stereocenters. The molecule has 1 rings (SSSR count). The fraction of sp³-hybridized carbons (Fsp3) is 0.667. The second-order valence-corrected chi connectivity index (χ2v) is 2.35. The molecule has 0 aromatic heterocycles. The van der Waals surface area contributed by atoms with Crippen molar-refractivity contribution in [1.29, 1.82) is 0 Å². The van der Waals surface area contributed by atoms with Crippen molar-refractivity contribution >= 4 is 12.3 Å². The molecule has 10 heavy (non-hydrogen) atoms. The average Bonchev–Trinajstić information content (AvgIpc) is 2.33. The van der Waals surface area contributed by atoms with E-state index in [9.17, 15) is 9.59 Å². The molecule has 2 amide bonds. The van der Waals surface area contributed by atoms with Crippen molar-refractivity contribution in [3.8, 4) is 0 Å². The minimum atomic E-state index is -0.430. The maximum Gasteiger partial charge on any atom is 0.312 e. The van der Waals surface area contributed by atoms with Gasteiger partial charge in [0.25, 0.3) is 0 Å². The number of primary amides is 1. The number of hydrogen-bond donors (Lipinski definition) is 1. The van der Waals surface area contributed by atoms with Crippen LogP contribution in [0.5, 0.6) is 0 Å². The van der Waals surface area contributed by atoms with Crippen LogP contribution >= 0.6 is 0 Å². The fourth-order valence-corrected chi connectivity index (χ4v) is 1.17. The molecule has 4 nitrogen and oxygen atoms in total. The molecule has 0 bridgehead atoms. The van der Waals surface area contributed by atoms with Crippen LogP contribution < -0.4 is 5.73 Å². The van der Waals surface area contributed by atoms with Gasteiger partial charge >= 0.3 is 6.41 Å². The summed E-state index contributed by atoms with van der Waals surface area (Å²) in [6.45, 7) is 0.608. The number of carbonyl (C=O) groups excluding carboxylic acids is 2. The standard InChI is InChI=1S/C6H9N2O2/c7-6(10)5-2-1-3-8(5)4-9/h5H,1-3H2,(H2,7,10). The first-order valence-electron chi connectivity index (χ1n) is 3.19. The summed E-state index contributed by atoms with van der Waals surface area (Å²) in [5.74, 6) is -0.430. The zero-order valence-electron chi connectivity index (χ0n) is 5.54. The monoisotopic (exact) mass is 141 g/mol. The Labute approximate surface area is 59.0 Å². The molecule has 0 aromatic carbocycles. The molecule has 4 heteroatoms. The third kappa shape index (κ3) is 1.10. The Hall–Kier alpha value is -1.06. The molecule has 1 aliphatic heterocycles. The van der Waals surface area contributed by atoms with E-state index in [0.29, 0.717) is 13.0 Å². The van der Waals surface area contributed by atoms with Gasteiger partial charge in [0, 0.05) is 6.54 Å². The topological polar surface area (TPSA) is 63.4 Å². The molecule has 0 aliphatic carbocycles. The second kappa shape index (κ2) is 2.68. The van der Waals surface area contributed by atoms with Crippen LogP contribution in [0.15, 0.2) is 0 Å². The largest absolute Gasteiger partial charge is 0.368 e. The van der Waals surface area contributed by atoms with Crippen molar-refractivity contribution in [1.82, 2.24) is 4.90 Å². The van der Waals surface area contributed by atoms with Gasteiger partial charge in [-0.25, -0.2) is 0 Å². The molecule has 1 heterocycles. The van der Waals surface area contributed by atoms with Crippen molar-refractivity contribution in [3.05, 3.63) is 0 Å². The first-order chi connectivity index (χ1) is 4.75. The van der Waals surface area contributed by atoms with Crippen LogP contribution in [0.3, 0.4) is 0 Å². The molecule has 0 aromatic rings. The lowest BCUT2D eigenvalue weighted by Crippen LogP contribution is -2.39. The van der Waals surface area contributed by atoms with Crippen molar-refractivity contribution in [2.24, 2.45) is 5.73 Å². The fourth-order valence-electron chi connectivity index (χ4n) is 1.17. The van der Waals surface area contributed by atoms with Gasteiger partial charge in [-0.2, -0.15) is 0 Å². The quantitative estimate of drug-likeness (QED) is 0.536. The minimum absolute atomic E-state index is 0.405. The van der Waals surface area contributed by atoms with E-state index < -0.39 is 11.9 Å². The zero-order chi connectivity index (χ0) is 7.56. The van der Waals surface area contributed by atoms with E-state index >= 15 is 0 Å². The van der Waals surface area contributed by atoms with Gasteiger partial charge in [0.15, 0.2) is 0 Å². The summed E-state index contributed by atoms with van der Waals surface area (Å²) in [4.78, 5) is 22.0. The Bertz CT molecular complexity index is 158. The smallest absolute Gasteiger partial charge is 0.312 e. The summed E-state index contributed by atoms with van der Waals surface area (Å²) < 4.78 is 0. The summed E-state index contributed by atoms with van der Waals surface area (Å²) in [5.41, 5.74) is 5.00. The number of amides is 2. The van der Waals surface area contributed by atoms with E-state index in [2.05, 4.69) is 0 Å². The molecule has 1 saturated heterocycles. The Kier molecular flexibility index (Phi) is 1.89. The first-order valence-corrected chi connectivity index (χ1v) is 3.19. The molecule has 55 valence electrons. The summed E-state index contributed by atoms with van der Waals surface area (Å²) in [6.07, 6.45) is 3.21. The third-order valence-electron chi connectivity index (χ3n) is 1.70. The van der Waals surface area contributed by atoms with Gasteiger partial charge < -0.3 is 10.6 Å². The molecular weight excluding hydrogens is 132 g/mol. The molecule has 1 aliphatic rings. The lowest BCUT2D eigenvalue weighted by atomic mass is 10.2. The highest BCUT2D eigenvalue weighted by molar-refractivity contribution is 5.82. The van der Waals surface area contributed by atoms with Crippen LogP contribution in [0.25, 0.3) is 0 Å². The van der Waals surface area contributed by atoms with Crippen LogP contribution in [-0.4, -0.2) is 29.8 Å². The highest BCUT2D eigenvalue weighted by Crippen LogP contribution is 2.13. The summed E-state index contributed by atoms with van der Waals surface area (Å²) in [7, 11) is 0.